The number of rotatable bonds is 6. The molecule has 5 nitrogen and oxygen atoms in total. The first-order chi connectivity index (χ1) is 12.6. The summed E-state index contributed by atoms with van der Waals surface area (Å²) >= 11 is 1.42. The molecule has 0 aliphatic rings. The minimum atomic E-state index is -0.234. The summed E-state index contributed by atoms with van der Waals surface area (Å²) in [5.74, 6) is -0.370. The lowest BCUT2D eigenvalue weighted by Gasteiger charge is -2.21. The standard InChI is InChI=1S/C20H21N3O2S/c1-3-10-23(13-18(24)22-20-21-12-14(2)26-20)19(25)17-9-8-15-6-4-5-7-16(15)11-17/h4-9,11-12H,3,10,13H2,1-2H3,(H,21,22,24). The van der Waals surface area contributed by atoms with Crippen LogP contribution >= 0.6 is 11.3 Å². The van der Waals surface area contributed by atoms with Gasteiger partial charge in [0.25, 0.3) is 5.91 Å². The van der Waals surface area contributed by atoms with Crippen molar-refractivity contribution in [2.75, 3.05) is 18.4 Å². The topological polar surface area (TPSA) is 62.3 Å². The summed E-state index contributed by atoms with van der Waals surface area (Å²) in [4.78, 5) is 32.0. The van der Waals surface area contributed by atoms with Crippen molar-refractivity contribution in [3.8, 4) is 0 Å². The van der Waals surface area contributed by atoms with Gasteiger partial charge in [0.1, 0.15) is 6.54 Å². The number of hydrogen-bond donors (Lipinski definition) is 1. The zero-order valence-electron chi connectivity index (χ0n) is 14.9. The third-order valence-corrected chi connectivity index (χ3v) is 4.81. The van der Waals surface area contributed by atoms with E-state index in [0.717, 1.165) is 22.1 Å². The van der Waals surface area contributed by atoms with Gasteiger partial charge in [0.15, 0.2) is 5.13 Å². The molecule has 2 aromatic carbocycles. The smallest absolute Gasteiger partial charge is 0.254 e. The molecular weight excluding hydrogens is 346 g/mol. The molecular formula is C20H21N3O2S. The van der Waals surface area contributed by atoms with Gasteiger partial charge in [-0.15, -0.1) is 11.3 Å². The highest BCUT2D eigenvalue weighted by atomic mass is 32.1. The molecule has 0 bridgehead atoms. The lowest BCUT2D eigenvalue weighted by atomic mass is 10.1. The van der Waals surface area contributed by atoms with Gasteiger partial charge in [-0.25, -0.2) is 4.98 Å². The molecule has 0 radical (unpaired) electrons. The van der Waals surface area contributed by atoms with E-state index in [1.165, 1.54) is 11.3 Å². The van der Waals surface area contributed by atoms with Crippen LogP contribution in [0.25, 0.3) is 10.8 Å². The van der Waals surface area contributed by atoms with E-state index in [2.05, 4.69) is 10.3 Å². The number of fused-ring (bicyclic) bond motifs is 1. The lowest BCUT2D eigenvalue weighted by Crippen LogP contribution is -2.38. The van der Waals surface area contributed by atoms with Gasteiger partial charge >= 0.3 is 0 Å². The number of benzene rings is 2. The van der Waals surface area contributed by atoms with Crippen molar-refractivity contribution < 1.29 is 9.59 Å². The van der Waals surface area contributed by atoms with Gasteiger partial charge in [0.2, 0.25) is 5.91 Å². The van der Waals surface area contributed by atoms with Crippen LogP contribution in [0.3, 0.4) is 0 Å². The number of amides is 2. The van der Waals surface area contributed by atoms with Crippen LogP contribution in [-0.4, -0.2) is 34.8 Å². The van der Waals surface area contributed by atoms with Gasteiger partial charge in [-0.05, 0) is 36.2 Å². The van der Waals surface area contributed by atoms with Gasteiger partial charge in [0.05, 0.1) is 0 Å². The van der Waals surface area contributed by atoms with Crippen LogP contribution in [-0.2, 0) is 4.79 Å². The minimum Gasteiger partial charge on any atom is -0.329 e. The van der Waals surface area contributed by atoms with Crippen molar-refractivity contribution in [1.29, 1.82) is 0 Å². The quantitative estimate of drug-likeness (QED) is 0.714. The summed E-state index contributed by atoms with van der Waals surface area (Å²) in [7, 11) is 0. The van der Waals surface area contributed by atoms with Gasteiger partial charge in [-0.1, -0.05) is 37.3 Å². The predicted octanol–water partition coefficient (Wildman–Crippen LogP) is 4.10. The number of nitrogens with zero attached hydrogens (tertiary/aromatic N) is 2. The number of nitrogens with one attached hydrogen (secondary N) is 1. The Balaban J connectivity index is 1.74. The molecule has 0 atom stereocenters. The van der Waals surface area contributed by atoms with Gasteiger partial charge < -0.3 is 10.2 Å². The third kappa shape index (κ3) is 4.26. The number of thiazole rings is 1. The fourth-order valence-corrected chi connectivity index (χ4v) is 3.45. The van der Waals surface area contributed by atoms with E-state index in [1.54, 1.807) is 11.1 Å². The van der Waals surface area contributed by atoms with Gasteiger partial charge in [-0.3, -0.25) is 9.59 Å². The van der Waals surface area contributed by atoms with Crippen LogP contribution in [0.4, 0.5) is 5.13 Å². The zero-order chi connectivity index (χ0) is 18.5. The third-order valence-electron chi connectivity index (χ3n) is 3.98. The molecule has 1 N–H and O–H groups in total. The molecule has 134 valence electrons. The molecule has 0 aliphatic heterocycles. The van der Waals surface area contributed by atoms with E-state index in [9.17, 15) is 9.59 Å². The van der Waals surface area contributed by atoms with Crippen LogP contribution in [0.1, 0.15) is 28.6 Å². The Hall–Kier alpha value is -2.73. The van der Waals surface area contributed by atoms with Crippen LogP contribution < -0.4 is 5.32 Å². The van der Waals surface area contributed by atoms with Crippen LogP contribution in [0.2, 0.25) is 0 Å². The van der Waals surface area contributed by atoms with Crippen molar-refractivity contribution in [2.24, 2.45) is 0 Å². The second-order valence-corrected chi connectivity index (χ2v) is 7.35. The molecule has 0 saturated carbocycles. The average molecular weight is 367 g/mol. The zero-order valence-corrected chi connectivity index (χ0v) is 15.7. The van der Waals surface area contributed by atoms with Crippen molar-refractivity contribution >= 4 is 39.1 Å². The molecule has 0 saturated heterocycles. The first-order valence-electron chi connectivity index (χ1n) is 8.57. The van der Waals surface area contributed by atoms with Crippen LogP contribution in [0.15, 0.2) is 48.7 Å². The van der Waals surface area contributed by atoms with E-state index in [4.69, 9.17) is 0 Å². The van der Waals surface area contributed by atoms with E-state index < -0.39 is 0 Å². The van der Waals surface area contributed by atoms with Gasteiger partial charge in [0, 0.05) is 23.2 Å². The second kappa shape index (κ2) is 8.10. The molecule has 3 rings (SSSR count). The first-order valence-corrected chi connectivity index (χ1v) is 9.39. The number of aryl methyl sites for hydroxylation is 1. The summed E-state index contributed by atoms with van der Waals surface area (Å²) in [5, 5.41) is 5.42. The Bertz CT molecular complexity index is 935. The maximum Gasteiger partial charge on any atom is 0.254 e. The number of aromatic nitrogens is 1. The number of hydrogen-bond acceptors (Lipinski definition) is 4. The highest BCUT2D eigenvalue weighted by Crippen LogP contribution is 2.18. The highest BCUT2D eigenvalue weighted by Gasteiger charge is 2.19. The van der Waals surface area contributed by atoms with Crippen molar-refractivity contribution in [3.05, 3.63) is 59.1 Å². The molecule has 1 heterocycles. The SMILES string of the molecule is CCCN(CC(=O)Nc1ncc(C)s1)C(=O)c1ccc2ccccc2c1. The number of carbonyl (C=O) groups excluding carboxylic acids is 2. The van der Waals surface area contributed by atoms with E-state index in [-0.39, 0.29) is 18.4 Å². The Morgan fingerprint density at radius 1 is 1.15 bits per heavy atom. The summed E-state index contributed by atoms with van der Waals surface area (Å²) in [6, 6.07) is 13.5. The summed E-state index contributed by atoms with van der Waals surface area (Å²) in [6.45, 7) is 4.46. The minimum absolute atomic E-state index is 0.0120. The number of carbonyl (C=O) groups is 2. The monoisotopic (exact) mass is 367 g/mol. The molecule has 2 amide bonds. The molecule has 3 aromatic rings. The Kier molecular flexibility index (Phi) is 5.63. The maximum absolute atomic E-state index is 12.9. The highest BCUT2D eigenvalue weighted by molar-refractivity contribution is 7.15. The van der Waals surface area contributed by atoms with Gasteiger partial charge in [-0.2, -0.15) is 0 Å². The Morgan fingerprint density at radius 3 is 2.62 bits per heavy atom. The normalized spacial score (nSPS) is 10.7. The second-order valence-electron chi connectivity index (χ2n) is 6.11. The molecule has 26 heavy (non-hydrogen) atoms. The Morgan fingerprint density at radius 2 is 1.92 bits per heavy atom. The summed E-state index contributed by atoms with van der Waals surface area (Å²) in [6.07, 6.45) is 2.49. The lowest BCUT2D eigenvalue weighted by molar-refractivity contribution is -0.116. The maximum atomic E-state index is 12.9. The first kappa shape index (κ1) is 18.1. The van der Waals surface area contributed by atoms with Crippen molar-refractivity contribution in [3.63, 3.8) is 0 Å². The van der Waals surface area contributed by atoms with E-state index in [1.807, 2.05) is 56.3 Å². The van der Waals surface area contributed by atoms with E-state index >= 15 is 0 Å². The summed E-state index contributed by atoms with van der Waals surface area (Å²) < 4.78 is 0. The van der Waals surface area contributed by atoms with E-state index in [0.29, 0.717) is 17.2 Å². The van der Waals surface area contributed by atoms with Crippen LogP contribution in [0.5, 0.6) is 0 Å². The molecule has 6 heteroatoms. The molecule has 1 aromatic heterocycles. The Labute approximate surface area is 156 Å². The summed E-state index contributed by atoms with van der Waals surface area (Å²) in [5.41, 5.74) is 0.593. The molecule has 0 unspecified atom stereocenters. The van der Waals surface area contributed by atoms with Crippen LogP contribution in [0, 0.1) is 6.92 Å². The van der Waals surface area contributed by atoms with Crippen molar-refractivity contribution in [2.45, 2.75) is 20.3 Å². The predicted molar refractivity (Wildman–Crippen MR) is 106 cm³/mol. The largest absolute Gasteiger partial charge is 0.329 e. The molecule has 0 spiro atoms. The fourth-order valence-electron chi connectivity index (χ4n) is 2.77. The molecule has 0 fully saturated rings. The average Bonchev–Trinajstić information content (AvgIpc) is 3.05. The molecule has 0 aliphatic carbocycles. The fraction of sp³-hybridized carbons (Fsp3) is 0.250. The van der Waals surface area contributed by atoms with Crippen molar-refractivity contribution in [1.82, 2.24) is 9.88 Å². The number of anilines is 1.